The van der Waals surface area contributed by atoms with E-state index in [1.807, 2.05) is 0 Å². The van der Waals surface area contributed by atoms with Crippen molar-refractivity contribution in [2.45, 2.75) is 13.8 Å². The molecule has 1 nitrogen and oxygen atoms in total. The van der Waals surface area contributed by atoms with E-state index in [9.17, 15) is 0 Å². The SMILES string of the molecule is CC1=CI=NC(C)=C1. The van der Waals surface area contributed by atoms with Gasteiger partial charge in [0.1, 0.15) is 0 Å². The zero-order valence-corrected chi connectivity index (χ0v) is 7.14. The summed E-state index contributed by atoms with van der Waals surface area (Å²) in [6, 6.07) is 0. The molecule has 0 fully saturated rings. The predicted octanol–water partition coefficient (Wildman–Crippen LogP) is 2.96. The molecule has 0 radical (unpaired) electrons. The molecule has 0 unspecified atom stereocenters. The Morgan fingerprint density at radius 2 is 2.25 bits per heavy atom. The topological polar surface area (TPSA) is 12.4 Å². The van der Waals surface area contributed by atoms with Crippen LogP contribution in [0.4, 0.5) is 0 Å². The van der Waals surface area contributed by atoms with Crippen LogP contribution in [0.15, 0.2) is 24.6 Å². The van der Waals surface area contributed by atoms with Gasteiger partial charge in [0.05, 0.1) is 0 Å². The summed E-state index contributed by atoms with van der Waals surface area (Å²) >= 11 is 0.0289. The Morgan fingerprint density at radius 3 is 2.62 bits per heavy atom. The summed E-state index contributed by atoms with van der Waals surface area (Å²) in [5.41, 5.74) is 2.57. The molecule has 0 bridgehead atoms. The van der Waals surface area contributed by atoms with E-state index in [1.165, 1.54) is 11.3 Å². The fourth-order valence-corrected chi connectivity index (χ4v) is 1.90. The summed E-state index contributed by atoms with van der Waals surface area (Å²) in [6.45, 7) is 4.17. The standard InChI is InChI=1S/C6H8IN/c1-5-3-6(2)8-7-4-5/h3-4H,1-2H3. The van der Waals surface area contributed by atoms with E-state index in [-0.39, 0.29) is 21.0 Å². The first-order valence-electron chi connectivity index (χ1n) is 2.48. The molecule has 0 saturated heterocycles. The minimum absolute atomic E-state index is 0.0289. The summed E-state index contributed by atoms with van der Waals surface area (Å²) in [5, 5.41) is 0. The van der Waals surface area contributed by atoms with Gasteiger partial charge in [-0.3, -0.25) is 0 Å². The van der Waals surface area contributed by atoms with E-state index in [2.05, 4.69) is 27.2 Å². The normalized spacial score (nSPS) is 18.8. The van der Waals surface area contributed by atoms with Crippen LogP contribution in [0.5, 0.6) is 0 Å². The smallest absolute Gasteiger partial charge is 0.0437 e. The van der Waals surface area contributed by atoms with Crippen molar-refractivity contribution in [1.29, 1.82) is 0 Å². The van der Waals surface area contributed by atoms with Crippen LogP contribution in [0.3, 0.4) is 0 Å². The third-order valence-electron chi connectivity index (χ3n) is 0.840. The lowest BCUT2D eigenvalue weighted by atomic mass is 10.3. The summed E-state index contributed by atoms with van der Waals surface area (Å²) < 4.78 is 6.50. The number of nitrogens with zero attached hydrogens (tertiary/aromatic N) is 1. The van der Waals surface area contributed by atoms with Gasteiger partial charge in [0, 0.05) is 26.7 Å². The van der Waals surface area contributed by atoms with Crippen molar-refractivity contribution in [3.8, 4) is 0 Å². The molecule has 0 aromatic carbocycles. The average Bonchev–Trinajstić information content (AvgIpc) is 1.64. The first-order valence-corrected chi connectivity index (χ1v) is 4.69. The zero-order chi connectivity index (χ0) is 5.98. The van der Waals surface area contributed by atoms with E-state index in [0.29, 0.717) is 0 Å². The Balaban J connectivity index is 2.89. The largest absolute Gasteiger partial charge is 0.227 e. The molecule has 8 heavy (non-hydrogen) atoms. The van der Waals surface area contributed by atoms with Crippen molar-refractivity contribution in [3.05, 3.63) is 21.4 Å². The maximum absolute atomic E-state index is 4.28. The Hall–Kier alpha value is 0.01000. The molecule has 0 aromatic heterocycles. The van der Waals surface area contributed by atoms with Crippen molar-refractivity contribution in [1.82, 2.24) is 0 Å². The molecule has 44 valence electrons. The van der Waals surface area contributed by atoms with Gasteiger partial charge in [-0.2, -0.15) is 0 Å². The van der Waals surface area contributed by atoms with E-state index in [0.717, 1.165) is 0 Å². The van der Waals surface area contributed by atoms with Gasteiger partial charge in [-0.25, -0.2) is 3.15 Å². The lowest BCUT2D eigenvalue weighted by molar-refractivity contribution is 1.32. The maximum Gasteiger partial charge on any atom is 0.0437 e. The van der Waals surface area contributed by atoms with Crippen LogP contribution >= 0.6 is 21.0 Å². The van der Waals surface area contributed by atoms with Gasteiger partial charge in [0.2, 0.25) is 0 Å². The second-order valence-electron chi connectivity index (χ2n) is 1.82. The van der Waals surface area contributed by atoms with Gasteiger partial charge in [0.25, 0.3) is 0 Å². The van der Waals surface area contributed by atoms with E-state index in [4.69, 9.17) is 0 Å². The Bertz CT molecular complexity index is 174. The van der Waals surface area contributed by atoms with Gasteiger partial charge >= 0.3 is 0 Å². The first-order chi connectivity index (χ1) is 3.79. The molecule has 0 amide bonds. The molecule has 1 aliphatic rings. The number of rotatable bonds is 0. The van der Waals surface area contributed by atoms with Crippen LogP contribution in [0.2, 0.25) is 0 Å². The third-order valence-corrected chi connectivity index (χ3v) is 3.14. The van der Waals surface area contributed by atoms with Gasteiger partial charge in [-0.1, -0.05) is 0 Å². The lowest BCUT2D eigenvalue weighted by Crippen LogP contribution is -1.71. The highest BCUT2D eigenvalue weighted by molar-refractivity contribution is 14.2. The van der Waals surface area contributed by atoms with Gasteiger partial charge in [-0.05, 0) is 29.6 Å². The minimum Gasteiger partial charge on any atom is -0.227 e. The van der Waals surface area contributed by atoms with Crippen LogP contribution in [0, 0.1) is 0 Å². The molecular formula is C6H8IN. The van der Waals surface area contributed by atoms with E-state index >= 15 is 0 Å². The highest BCUT2D eigenvalue weighted by atomic mass is 127. The van der Waals surface area contributed by atoms with Gasteiger partial charge in [-0.15, -0.1) is 0 Å². The van der Waals surface area contributed by atoms with Crippen LogP contribution in [0.1, 0.15) is 13.8 Å². The van der Waals surface area contributed by atoms with Crippen LogP contribution in [-0.2, 0) is 0 Å². The molecule has 1 aliphatic heterocycles. The van der Waals surface area contributed by atoms with Gasteiger partial charge in [0.15, 0.2) is 0 Å². The number of hydrogen-bond donors (Lipinski definition) is 0. The summed E-state index contributed by atoms with van der Waals surface area (Å²) in [6.07, 6.45) is 2.11. The molecule has 0 spiro atoms. The van der Waals surface area contributed by atoms with Crippen molar-refractivity contribution in [3.63, 3.8) is 0 Å². The Kier molecular flexibility index (Phi) is 1.94. The third kappa shape index (κ3) is 1.51. The quantitative estimate of drug-likeness (QED) is 0.557. The number of halogens is 1. The van der Waals surface area contributed by atoms with E-state index in [1.54, 1.807) is 0 Å². The van der Waals surface area contributed by atoms with Crippen LogP contribution in [0.25, 0.3) is 0 Å². The summed E-state index contributed by atoms with van der Waals surface area (Å²) in [4.78, 5) is 0. The first kappa shape index (κ1) is 6.13. The van der Waals surface area contributed by atoms with Crippen LogP contribution < -0.4 is 0 Å². The van der Waals surface area contributed by atoms with Crippen molar-refractivity contribution in [2.75, 3.05) is 0 Å². The average molecular weight is 221 g/mol. The minimum atomic E-state index is 0.0289. The monoisotopic (exact) mass is 221 g/mol. The molecular weight excluding hydrogens is 213 g/mol. The van der Waals surface area contributed by atoms with Crippen molar-refractivity contribution >= 4 is 21.0 Å². The molecule has 0 N–H and O–H groups in total. The Labute approximate surface area is 59.6 Å². The fourth-order valence-electron chi connectivity index (χ4n) is 0.564. The molecule has 0 atom stereocenters. The maximum atomic E-state index is 4.28. The molecule has 1 rings (SSSR count). The van der Waals surface area contributed by atoms with Crippen molar-refractivity contribution < 1.29 is 0 Å². The van der Waals surface area contributed by atoms with Crippen LogP contribution in [-0.4, -0.2) is 0 Å². The highest BCUT2D eigenvalue weighted by Crippen LogP contribution is 2.19. The molecule has 1 heterocycles. The second-order valence-corrected chi connectivity index (χ2v) is 3.48. The molecule has 0 aliphatic carbocycles. The summed E-state index contributed by atoms with van der Waals surface area (Å²) in [5.74, 6) is 0. The fraction of sp³-hybridized carbons (Fsp3) is 0.333. The predicted molar refractivity (Wildman–Crippen MR) is 44.0 cm³/mol. The van der Waals surface area contributed by atoms with Crippen molar-refractivity contribution in [2.24, 2.45) is 3.15 Å². The highest BCUT2D eigenvalue weighted by Gasteiger charge is 1.89. The molecule has 2 heteroatoms. The lowest BCUT2D eigenvalue weighted by Gasteiger charge is -1.95. The molecule has 0 saturated carbocycles. The Morgan fingerprint density at radius 1 is 1.50 bits per heavy atom. The second kappa shape index (κ2) is 2.53. The summed E-state index contributed by atoms with van der Waals surface area (Å²) in [7, 11) is 0. The van der Waals surface area contributed by atoms with E-state index < -0.39 is 0 Å². The number of hydrogen-bond acceptors (Lipinski definition) is 1. The van der Waals surface area contributed by atoms with Gasteiger partial charge < -0.3 is 0 Å². The number of allylic oxidation sites excluding steroid dienone is 3. The molecule has 0 aromatic rings. The zero-order valence-electron chi connectivity index (χ0n) is 4.98.